The van der Waals surface area contributed by atoms with Crippen molar-refractivity contribution in [3.05, 3.63) is 64.0 Å². The molecule has 0 atom stereocenters. The molecule has 2 aliphatic rings. The van der Waals surface area contributed by atoms with Crippen molar-refractivity contribution in [2.24, 2.45) is 4.99 Å². The van der Waals surface area contributed by atoms with Gasteiger partial charge in [-0.25, -0.2) is 9.79 Å². The van der Waals surface area contributed by atoms with E-state index in [4.69, 9.17) is 4.74 Å². The highest BCUT2D eigenvalue weighted by Gasteiger charge is 2.25. The number of carbonyl (C=O) groups excluding carboxylic acids is 2. The highest BCUT2D eigenvalue weighted by molar-refractivity contribution is 7.09. The number of benzene rings is 1. The van der Waals surface area contributed by atoms with Gasteiger partial charge < -0.3 is 9.64 Å². The first-order valence-electron chi connectivity index (χ1n) is 8.65. The van der Waals surface area contributed by atoms with Gasteiger partial charge in [0.2, 0.25) is 11.8 Å². The molecular formula is C20H18N2O3S. The van der Waals surface area contributed by atoms with Crippen LogP contribution >= 0.6 is 11.3 Å². The molecule has 0 aliphatic carbocycles. The molecule has 0 unspecified atom stereocenters. The summed E-state index contributed by atoms with van der Waals surface area (Å²) in [6.07, 6.45) is 4.96. The number of amides is 1. The number of anilines is 1. The van der Waals surface area contributed by atoms with Crippen LogP contribution in [0.25, 0.3) is 0 Å². The molecule has 1 amide bonds. The van der Waals surface area contributed by atoms with E-state index in [-0.39, 0.29) is 5.91 Å². The highest BCUT2D eigenvalue weighted by Crippen LogP contribution is 2.24. The molecule has 3 heterocycles. The molecule has 0 bridgehead atoms. The maximum Gasteiger partial charge on any atom is 0.363 e. The third kappa shape index (κ3) is 3.46. The van der Waals surface area contributed by atoms with Crippen molar-refractivity contribution < 1.29 is 14.3 Å². The van der Waals surface area contributed by atoms with Crippen LogP contribution in [0.15, 0.2) is 58.5 Å². The van der Waals surface area contributed by atoms with Crippen molar-refractivity contribution in [3.63, 3.8) is 0 Å². The summed E-state index contributed by atoms with van der Waals surface area (Å²) in [5.74, 6) is 0.0555. The fourth-order valence-electron chi connectivity index (χ4n) is 3.08. The number of nitrogens with zero attached hydrogens (tertiary/aromatic N) is 2. The van der Waals surface area contributed by atoms with Crippen molar-refractivity contribution in [2.45, 2.75) is 25.7 Å². The minimum Gasteiger partial charge on any atom is -0.402 e. The number of thiophene rings is 1. The molecule has 0 radical (unpaired) electrons. The van der Waals surface area contributed by atoms with Crippen molar-refractivity contribution in [1.82, 2.24) is 0 Å². The van der Waals surface area contributed by atoms with Gasteiger partial charge in [0, 0.05) is 29.1 Å². The van der Waals surface area contributed by atoms with E-state index in [9.17, 15) is 9.59 Å². The van der Waals surface area contributed by atoms with Gasteiger partial charge in [-0.2, -0.15) is 0 Å². The maximum atomic E-state index is 12.0. The quantitative estimate of drug-likeness (QED) is 0.599. The molecule has 1 saturated heterocycles. The van der Waals surface area contributed by atoms with Crippen molar-refractivity contribution in [3.8, 4) is 0 Å². The Hall–Kier alpha value is -2.73. The second-order valence-electron chi connectivity index (χ2n) is 6.21. The summed E-state index contributed by atoms with van der Waals surface area (Å²) >= 11 is 1.71. The first-order chi connectivity index (χ1) is 12.7. The summed E-state index contributed by atoms with van der Waals surface area (Å²) in [7, 11) is 0. The third-order valence-electron chi connectivity index (χ3n) is 4.43. The smallest absolute Gasteiger partial charge is 0.363 e. The lowest BCUT2D eigenvalue weighted by molar-refractivity contribution is -0.130. The molecule has 0 saturated carbocycles. The topological polar surface area (TPSA) is 59.0 Å². The van der Waals surface area contributed by atoms with E-state index in [1.807, 2.05) is 41.8 Å². The standard InChI is InChI=1S/C20H18N2O3S/c23-18-7-2-12-22(18)15-10-8-14(9-11-15)19-21-17(20(24)25-19)6-1-4-16-5-3-13-26-16/h3,5-6,8-11,13H,1-2,4,7,12H2/b17-6+. The van der Waals surface area contributed by atoms with Gasteiger partial charge >= 0.3 is 5.97 Å². The van der Waals surface area contributed by atoms with Gasteiger partial charge in [0.05, 0.1) is 0 Å². The predicted octanol–water partition coefficient (Wildman–Crippen LogP) is 3.70. The zero-order chi connectivity index (χ0) is 17.9. The SMILES string of the molecule is O=C1OC(c2ccc(N3CCCC3=O)cc2)=N/C1=C/CCc1cccs1. The van der Waals surface area contributed by atoms with Crippen LogP contribution in [0.2, 0.25) is 0 Å². The van der Waals surface area contributed by atoms with Crippen LogP contribution in [0, 0.1) is 0 Å². The van der Waals surface area contributed by atoms with Gasteiger partial charge in [-0.15, -0.1) is 11.3 Å². The number of allylic oxidation sites excluding steroid dienone is 1. The second-order valence-corrected chi connectivity index (χ2v) is 7.24. The summed E-state index contributed by atoms with van der Waals surface area (Å²) in [6, 6.07) is 11.5. The molecular weight excluding hydrogens is 348 g/mol. The summed E-state index contributed by atoms with van der Waals surface area (Å²) in [5, 5.41) is 2.04. The molecule has 6 heteroatoms. The van der Waals surface area contributed by atoms with Crippen LogP contribution in [-0.4, -0.2) is 24.3 Å². The summed E-state index contributed by atoms with van der Waals surface area (Å²) < 4.78 is 5.30. The molecule has 0 spiro atoms. The van der Waals surface area contributed by atoms with Crippen LogP contribution in [-0.2, 0) is 20.7 Å². The Kier molecular flexibility index (Phi) is 4.67. The van der Waals surface area contributed by atoms with Crippen molar-refractivity contribution in [2.75, 3.05) is 11.4 Å². The van der Waals surface area contributed by atoms with E-state index in [0.29, 0.717) is 18.0 Å². The zero-order valence-corrected chi connectivity index (χ0v) is 15.0. The van der Waals surface area contributed by atoms with E-state index < -0.39 is 5.97 Å². The fourth-order valence-corrected chi connectivity index (χ4v) is 3.81. The number of rotatable bonds is 5. The molecule has 0 N–H and O–H groups in total. The van der Waals surface area contributed by atoms with Gasteiger partial charge in [0.15, 0.2) is 0 Å². The normalized spacial score (nSPS) is 18.5. The lowest BCUT2D eigenvalue weighted by Gasteiger charge is -2.15. The Morgan fingerprint density at radius 3 is 2.73 bits per heavy atom. The van der Waals surface area contributed by atoms with E-state index in [2.05, 4.69) is 11.1 Å². The number of esters is 1. The van der Waals surface area contributed by atoms with Crippen LogP contribution in [0.4, 0.5) is 5.69 Å². The van der Waals surface area contributed by atoms with E-state index in [1.54, 1.807) is 16.2 Å². The van der Waals surface area contributed by atoms with Crippen molar-refractivity contribution >= 4 is 34.8 Å². The lowest BCUT2D eigenvalue weighted by atomic mass is 10.2. The average Bonchev–Trinajstić information content (AvgIpc) is 3.38. The van der Waals surface area contributed by atoms with Gasteiger partial charge in [0.25, 0.3) is 0 Å². The minimum absolute atomic E-state index is 0.151. The minimum atomic E-state index is -0.412. The summed E-state index contributed by atoms with van der Waals surface area (Å²) in [4.78, 5) is 31.2. The monoisotopic (exact) mass is 366 g/mol. The number of cyclic esters (lactones) is 1. The Bertz CT molecular complexity index is 882. The Balaban J connectivity index is 1.45. The van der Waals surface area contributed by atoms with Gasteiger partial charge in [-0.05, 0) is 55.0 Å². The largest absolute Gasteiger partial charge is 0.402 e. The number of aliphatic imine (C=N–C) groups is 1. The maximum absolute atomic E-state index is 12.0. The highest BCUT2D eigenvalue weighted by atomic mass is 32.1. The van der Waals surface area contributed by atoms with Gasteiger partial charge in [0.1, 0.15) is 5.70 Å². The molecule has 1 aromatic heterocycles. The molecule has 132 valence electrons. The summed E-state index contributed by atoms with van der Waals surface area (Å²) in [6.45, 7) is 0.755. The van der Waals surface area contributed by atoms with Crippen LogP contribution < -0.4 is 4.90 Å². The van der Waals surface area contributed by atoms with Gasteiger partial charge in [-0.1, -0.05) is 12.1 Å². The Labute approximate surface area is 155 Å². The number of hydrogen-bond donors (Lipinski definition) is 0. The van der Waals surface area contributed by atoms with Crippen LogP contribution in [0.1, 0.15) is 29.7 Å². The third-order valence-corrected chi connectivity index (χ3v) is 5.36. The number of aryl methyl sites for hydroxylation is 1. The Morgan fingerprint density at radius 1 is 1.19 bits per heavy atom. The molecule has 2 aliphatic heterocycles. The first-order valence-corrected chi connectivity index (χ1v) is 9.53. The Morgan fingerprint density at radius 2 is 2.04 bits per heavy atom. The zero-order valence-electron chi connectivity index (χ0n) is 14.2. The van der Waals surface area contributed by atoms with Gasteiger partial charge in [-0.3, -0.25) is 4.79 Å². The molecule has 4 rings (SSSR count). The van der Waals surface area contributed by atoms with E-state index in [1.165, 1.54) is 4.88 Å². The first kappa shape index (κ1) is 16.7. The number of ether oxygens (including phenoxy) is 1. The number of carbonyl (C=O) groups is 2. The second kappa shape index (κ2) is 7.25. The van der Waals surface area contributed by atoms with E-state index >= 15 is 0 Å². The number of hydrogen-bond acceptors (Lipinski definition) is 5. The predicted molar refractivity (Wildman–Crippen MR) is 101 cm³/mol. The molecule has 5 nitrogen and oxygen atoms in total. The van der Waals surface area contributed by atoms with Crippen molar-refractivity contribution in [1.29, 1.82) is 0 Å². The van der Waals surface area contributed by atoms with E-state index in [0.717, 1.165) is 37.1 Å². The molecule has 2 aromatic rings. The van der Waals surface area contributed by atoms with Crippen LogP contribution in [0.5, 0.6) is 0 Å². The summed E-state index contributed by atoms with van der Waals surface area (Å²) in [5.41, 5.74) is 1.96. The average molecular weight is 366 g/mol. The lowest BCUT2D eigenvalue weighted by Crippen LogP contribution is -2.23. The fraction of sp³-hybridized carbons (Fsp3) is 0.250. The molecule has 1 aromatic carbocycles. The molecule has 26 heavy (non-hydrogen) atoms. The van der Waals surface area contributed by atoms with Crippen LogP contribution in [0.3, 0.4) is 0 Å². The molecule has 1 fully saturated rings.